The minimum atomic E-state index is -0.245. The van der Waals surface area contributed by atoms with Crippen LogP contribution < -0.4 is 0 Å². The quantitative estimate of drug-likeness (QED) is 0.548. The summed E-state index contributed by atoms with van der Waals surface area (Å²) in [6.45, 7) is 4.08. The fraction of sp³-hybridized carbons (Fsp3) is 0.364. The van der Waals surface area contributed by atoms with E-state index in [0.717, 1.165) is 0 Å². The number of hydrogen-bond donors (Lipinski definition) is 1. The number of ether oxygens (including phenoxy) is 1. The van der Waals surface area contributed by atoms with E-state index in [1.165, 1.54) is 0 Å². The molecule has 0 aromatic rings. The Labute approximate surface area is 89.4 Å². The van der Waals surface area contributed by atoms with Crippen molar-refractivity contribution in [3.8, 4) is 6.07 Å². The zero-order valence-electron chi connectivity index (χ0n) is 8.68. The van der Waals surface area contributed by atoms with Crippen molar-refractivity contribution in [3.05, 3.63) is 36.3 Å². The van der Waals surface area contributed by atoms with E-state index < -0.39 is 0 Å². The molecule has 0 saturated carbocycles. The van der Waals surface area contributed by atoms with Crippen LogP contribution in [0.2, 0.25) is 0 Å². The summed E-state index contributed by atoms with van der Waals surface area (Å²) in [5.74, 6) is 0.509. The van der Waals surface area contributed by atoms with Crippen LogP contribution in [-0.4, -0.2) is 36.3 Å². The first-order valence-electron chi connectivity index (χ1n) is 4.65. The summed E-state index contributed by atoms with van der Waals surface area (Å²) < 4.78 is 5.42. The molecule has 1 fully saturated rings. The zero-order chi connectivity index (χ0) is 11.3. The predicted molar refractivity (Wildman–Crippen MR) is 56.6 cm³/mol. The number of allylic oxidation sites excluding steroid dienone is 4. The van der Waals surface area contributed by atoms with Gasteiger partial charge in [0.05, 0.1) is 13.2 Å². The van der Waals surface area contributed by atoms with E-state index in [-0.39, 0.29) is 12.7 Å². The summed E-state index contributed by atoms with van der Waals surface area (Å²) in [5, 5.41) is 17.9. The van der Waals surface area contributed by atoms with E-state index in [1.807, 2.05) is 11.9 Å². The Kier molecular flexibility index (Phi) is 3.95. The minimum absolute atomic E-state index is 0.0439. The van der Waals surface area contributed by atoms with Gasteiger partial charge in [0.1, 0.15) is 17.7 Å². The van der Waals surface area contributed by atoms with Crippen LogP contribution in [0.4, 0.5) is 0 Å². The molecule has 0 bridgehead atoms. The van der Waals surface area contributed by atoms with Crippen molar-refractivity contribution in [1.29, 1.82) is 5.26 Å². The first kappa shape index (κ1) is 11.3. The molecule has 80 valence electrons. The SMILES string of the molecule is C=C/C=C\C(C#N)=C1\OC(CO)CN1C. The van der Waals surface area contributed by atoms with Gasteiger partial charge in [-0.2, -0.15) is 5.26 Å². The lowest BCUT2D eigenvalue weighted by Crippen LogP contribution is -2.19. The van der Waals surface area contributed by atoms with Gasteiger partial charge < -0.3 is 14.7 Å². The highest BCUT2D eigenvalue weighted by molar-refractivity contribution is 5.37. The Hall–Kier alpha value is -1.73. The van der Waals surface area contributed by atoms with Crippen LogP contribution in [0.15, 0.2) is 36.3 Å². The molecule has 1 N–H and O–H groups in total. The molecule has 0 aromatic heterocycles. The number of likely N-dealkylation sites (N-methyl/N-ethyl adjacent to an activating group) is 1. The van der Waals surface area contributed by atoms with Crippen molar-refractivity contribution in [2.45, 2.75) is 6.10 Å². The standard InChI is InChI=1S/C11H14N2O2/c1-3-4-5-9(6-12)11-13(2)7-10(8-14)15-11/h3-5,10,14H,1,7-8H2,2H3/b5-4-,11-9-. The molecule has 1 rings (SSSR count). The topological polar surface area (TPSA) is 56.5 Å². The highest BCUT2D eigenvalue weighted by Gasteiger charge is 2.26. The van der Waals surface area contributed by atoms with Crippen LogP contribution in [0.3, 0.4) is 0 Å². The Bertz CT molecular complexity index is 339. The lowest BCUT2D eigenvalue weighted by molar-refractivity contribution is 0.0963. The molecular weight excluding hydrogens is 192 g/mol. The van der Waals surface area contributed by atoms with Crippen molar-refractivity contribution in [1.82, 2.24) is 4.90 Å². The van der Waals surface area contributed by atoms with Gasteiger partial charge in [0.25, 0.3) is 0 Å². The van der Waals surface area contributed by atoms with Crippen molar-refractivity contribution >= 4 is 0 Å². The molecule has 1 heterocycles. The maximum atomic E-state index is 8.94. The highest BCUT2D eigenvalue weighted by atomic mass is 16.5. The van der Waals surface area contributed by atoms with Gasteiger partial charge in [-0.3, -0.25) is 0 Å². The Morgan fingerprint density at radius 3 is 3.07 bits per heavy atom. The van der Waals surface area contributed by atoms with Crippen molar-refractivity contribution in [2.24, 2.45) is 0 Å². The normalized spacial score (nSPS) is 23.8. The van der Waals surface area contributed by atoms with E-state index in [2.05, 4.69) is 12.6 Å². The van der Waals surface area contributed by atoms with Gasteiger partial charge in [-0.05, 0) is 6.08 Å². The number of hydrogen-bond acceptors (Lipinski definition) is 4. The molecule has 1 aliphatic heterocycles. The van der Waals surface area contributed by atoms with E-state index >= 15 is 0 Å². The molecule has 0 aliphatic carbocycles. The van der Waals surface area contributed by atoms with Gasteiger partial charge in [-0.1, -0.05) is 18.7 Å². The van der Waals surface area contributed by atoms with E-state index in [9.17, 15) is 0 Å². The van der Waals surface area contributed by atoms with Crippen LogP contribution >= 0.6 is 0 Å². The van der Waals surface area contributed by atoms with E-state index in [4.69, 9.17) is 15.1 Å². The third kappa shape index (κ3) is 2.61. The molecule has 15 heavy (non-hydrogen) atoms. The number of rotatable bonds is 3. The molecule has 0 aromatic carbocycles. The summed E-state index contributed by atoms with van der Waals surface area (Å²) in [7, 11) is 1.82. The van der Waals surface area contributed by atoms with Gasteiger partial charge in [-0.15, -0.1) is 0 Å². The second-order valence-corrected chi connectivity index (χ2v) is 3.23. The monoisotopic (exact) mass is 206 g/mol. The first-order valence-corrected chi connectivity index (χ1v) is 4.65. The summed E-state index contributed by atoms with van der Waals surface area (Å²) in [4.78, 5) is 1.81. The van der Waals surface area contributed by atoms with Gasteiger partial charge in [0, 0.05) is 7.05 Å². The summed E-state index contributed by atoms with van der Waals surface area (Å²) in [6.07, 6.45) is 4.66. The average molecular weight is 206 g/mol. The van der Waals surface area contributed by atoms with Crippen LogP contribution in [-0.2, 0) is 4.74 Å². The molecule has 1 saturated heterocycles. The molecule has 4 nitrogen and oxygen atoms in total. The maximum absolute atomic E-state index is 8.94. The minimum Gasteiger partial charge on any atom is -0.470 e. The van der Waals surface area contributed by atoms with Crippen LogP contribution in [0.25, 0.3) is 0 Å². The molecule has 0 amide bonds. The Morgan fingerprint density at radius 1 is 1.87 bits per heavy atom. The first-order chi connectivity index (χ1) is 7.22. The number of nitriles is 1. The molecule has 0 radical (unpaired) electrons. The fourth-order valence-corrected chi connectivity index (χ4v) is 1.36. The van der Waals surface area contributed by atoms with E-state index in [0.29, 0.717) is 18.0 Å². The predicted octanol–water partition coefficient (Wildman–Crippen LogP) is 0.787. The van der Waals surface area contributed by atoms with Crippen molar-refractivity contribution < 1.29 is 9.84 Å². The summed E-state index contributed by atoms with van der Waals surface area (Å²) in [6, 6.07) is 2.05. The summed E-state index contributed by atoms with van der Waals surface area (Å²) in [5.41, 5.74) is 0.438. The number of aliphatic hydroxyl groups is 1. The largest absolute Gasteiger partial charge is 0.470 e. The molecule has 4 heteroatoms. The third-order valence-electron chi connectivity index (χ3n) is 2.06. The van der Waals surface area contributed by atoms with Crippen LogP contribution in [0.1, 0.15) is 0 Å². The third-order valence-corrected chi connectivity index (χ3v) is 2.06. The second kappa shape index (κ2) is 5.23. The van der Waals surface area contributed by atoms with Gasteiger partial charge in [0.15, 0.2) is 0 Å². The van der Waals surface area contributed by atoms with Gasteiger partial charge in [-0.25, -0.2) is 0 Å². The molecule has 1 unspecified atom stereocenters. The highest BCUT2D eigenvalue weighted by Crippen LogP contribution is 2.21. The lowest BCUT2D eigenvalue weighted by Gasteiger charge is -2.09. The Morgan fingerprint density at radius 2 is 2.60 bits per heavy atom. The lowest BCUT2D eigenvalue weighted by atomic mass is 10.2. The van der Waals surface area contributed by atoms with Crippen molar-refractivity contribution in [2.75, 3.05) is 20.2 Å². The molecule has 1 aliphatic rings. The van der Waals surface area contributed by atoms with Gasteiger partial charge in [0.2, 0.25) is 5.88 Å². The molecule has 1 atom stereocenters. The molecular formula is C11H14N2O2. The van der Waals surface area contributed by atoms with Crippen LogP contribution in [0.5, 0.6) is 0 Å². The van der Waals surface area contributed by atoms with Crippen molar-refractivity contribution in [3.63, 3.8) is 0 Å². The average Bonchev–Trinajstić information content (AvgIpc) is 2.61. The number of nitrogens with zero attached hydrogens (tertiary/aromatic N) is 2. The zero-order valence-corrected chi connectivity index (χ0v) is 8.68. The maximum Gasteiger partial charge on any atom is 0.208 e. The molecule has 0 spiro atoms. The fourth-order valence-electron chi connectivity index (χ4n) is 1.36. The smallest absolute Gasteiger partial charge is 0.208 e. The Balaban J connectivity index is 2.92. The summed E-state index contributed by atoms with van der Waals surface area (Å²) >= 11 is 0. The second-order valence-electron chi connectivity index (χ2n) is 3.23. The van der Waals surface area contributed by atoms with Crippen LogP contribution in [0, 0.1) is 11.3 Å². The number of aliphatic hydroxyl groups excluding tert-OH is 1. The van der Waals surface area contributed by atoms with E-state index in [1.54, 1.807) is 18.2 Å². The van der Waals surface area contributed by atoms with Gasteiger partial charge >= 0.3 is 0 Å².